The highest BCUT2D eigenvalue weighted by Gasteiger charge is 2.29. The number of thioether (sulfide) groups is 1. The van der Waals surface area contributed by atoms with Gasteiger partial charge in [-0.15, -0.1) is 11.8 Å². The van der Waals surface area contributed by atoms with Gasteiger partial charge in [0.05, 0.1) is 24.7 Å². The number of anilines is 2. The summed E-state index contributed by atoms with van der Waals surface area (Å²) in [6.45, 7) is 0. The van der Waals surface area contributed by atoms with Gasteiger partial charge in [-0.25, -0.2) is 4.98 Å². The fourth-order valence-corrected chi connectivity index (χ4v) is 2.83. The third-order valence-electron chi connectivity index (χ3n) is 3.68. The second-order valence-corrected chi connectivity index (χ2v) is 6.76. The summed E-state index contributed by atoms with van der Waals surface area (Å²) in [4.78, 5) is 28.8. The van der Waals surface area contributed by atoms with Crippen LogP contribution in [0.1, 0.15) is 12.8 Å². The number of pyridine rings is 1. The topological polar surface area (TPSA) is 80.3 Å². The molecular formula is C18H19N3O3S. The van der Waals surface area contributed by atoms with Crippen LogP contribution in [0.2, 0.25) is 0 Å². The number of nitrogens with zero attached hydrogens (tertiary/aromatic N) is 1. The van der Waals surface area contributed by atoms with Gasteiger partial charge in [-0.1, -0.05) is 0 Å². The molecule has 0 radical (unpaired) electrons. The van der Waals surface area contributed by atoms with E-state index in [0.717, 1.165) is 23.5 Å². The Morgan fingerprint density at radius 2 is 1.92 bits per heavy atom. The van der Waals surface area contributed by atoms with Crippen LogP contribution >= 0.6 is 11.8 Å². The third-order valence-corrected chi connectivity index (χ3v) is 4.69. The van der Waals surface area contributed by atoms with E-state index < -0.39 is 0 Å². The molecule has 2 amide bonds. The standard InChI is InChI=1S/C18H19N3O3S/c1-24-14-5-7-15(8-6-14)25-11-17(22)20-13-4-9-16(19-10-13)21-18(23)12-2-3-12/h4-10,12H,2-3,11H2,1H3,(H,20,22)(H,19,21,23). The molecule has 1 aromatic heterocycles. The number of carbonyl (C=O) groups excluding carboxylic acids is 2. The lowest BCUT2D eigenvalue weighted by Gasteiger charge is -2.07. The van der Waals surface area contributed by atoms with Crippen molar-refractivity contribution >= 4 is 35.1 Å². The molecular weight excluding hydrogens is 338 g/mol. The van der Waals surface area contributed by atoms with Crippen LogP contribution in [0.5, 0.6) is 5.75 Å². The SMILES string of the molecule is COc1ccc(SCC(=O)Nc2ccc(NC(=O)C3CC3)nc2)cc1. The summed E-state index contributed by atoms with van der Waals surface area (Å²) < 4.78 is 5.10. The molecule has 1 aliphatic rings. The molecule has 1 aliphatic carbocycles. The van der Waals surface area contributed by atoms with Crippen molar-refractivity contribution in [3.05, 3.63) is 42.6 Å². The quantitative estimate of drug-likeness (QED) is 0.744. The first-order valence-electron chi connectivity index (χ1n) is 7.97. The number of benzene rings is 1. The summed E-state index contributed by atoms with van der Waals surface area (Å²) >= 11 is 1.44. The summed E-state index contributed by atoms with van der Waals surface area (Å²) in [6, 6.07) is 11.0. The fraction of sp³-hybridized carbons (Fsp3) is 0.278. The Kier molecular flexibility index (Phi) is 5.55. The molecule has 0 unspecified atom stereocenters. The minimum Gasteiger partial charge on any atom is -0.497 e. The number of methoxy groups -OCH3 is 1. The van der Waals surface area contributed by atoms with Gasteiger partial charge in [0, 0.05) is 10.8 Å². The van der Waals surface area contributed by atoms with Gasteiger partial charge < -0.3 is 15.4 Å². The second-order valence-electron chi connectivity index (χ2n) is 5.71. The van der Waals surface area contributed by atoms with E-state index in [1.54, 1.807) is 25.4 Å². The number of ether oxygens (including phenoxy) is 1. The lowest BCUT2D eigenvalue weighted by Crippen LogP contribution is -2.16. The van der Waals surface area contributed by atoms with E-state index in [-0.39, 0.29) is 17.7 Å². The molecule has 1 fully saturated rings. The molecule has 0 aliphatic heterocycles. The average molecular weight is 357 g/mol. The Morgan fingerprint density at radius 3 is 2.52 bits per heavy atom. The number of amides is 2. The van der Waals surface area contributed by atoms with Crippen molar-refractivity contribution in [3.63, 3.8) is 0 Å². The number of nitrogens with one attached hydrogen (secondary N) is 2. The summed E-state index contributed by atoms with van der Waals surface area (Å²) in [6.07, 6.45) is 3.44. The fourth-order valence-electron chi connectivity index (χ4n) is 2.13. The molecule has 2 N–H and O–H groups in total. The number of aromatic nitrogens is 1. The first kappa shape index (κ1) is 17.3. The van der Waals surface area contributed by atoms with E-state index in [4.69, 9.17) is 4.74 Å². The predicted octanol–water partition coefficient (Wildman–Crippen LogP) is 3.17. The molecule has 1 heterocycles. The third kappa shape index (κ3) is 5.22. The van der Waals surface area contributed by atoms with Gasteiger partial charge in [-0.05, 0) is 49.2 Å². The van der Waals surface area contributed by atoms with E-state index in [9.17, 15) is 9.59 Å². The van der Waals surface area contributed by atoms with E-state index >= 15 is 0 Å². The summed E-state index contributed by atoms with van der Waals surface area (Å²) in [7, 11) is 1.62. The van der Waals surface area contributed by atoms with Crippen molar-refractivity contribution in [2.45, 2.75) is 17.7 Å². The number of hydrogen-bond donors (Lipinski definition) is 2. The van der Waals surface area contributed by atoms with Crippen LogP contribution in [0.3, 0.4) is 0 Å². The van der Waals surface area contributed by atoms with Crippen molar-refractivity contribution in [3.8, 4) is 5.75 Å². The van der Waals surface area contributed by atoms with Crippen molar-refractivity contribution in [2.75, 3.05) is 23.5 Å². The second kappa shape index (κ2) is 8.02. The maximum Gasteiger partial charge on any atom is 0.234 e. The molecule has 6 nitrogen and oxygen atoms in total. The van der Waals surface area contributed by atoms with Gasteiger partial charge >= 0.3 is 0 Å². The maximum absolute atomic E-state index is 12.0. The van der Waals surface area contributed by atoms with Crippen LogP contribution in [-0.4, -0.2) is 29.7 Å². The Balaban J connectivity index is 1.45. The Hall–Kier alpha value is -2.54. The zero-order chi connectivity index (χ0) is 17.6. The lowest BCUT2D eigenvalue weighted by atomic mass is 10.3. The Labute approximate surface area is 150 Å². The first-order chi connectivity index (χ1) is 12.1. The van der Waals surface area contributed by atoms with Crippen molar-refractivity contribution in [1.29, 1.82) is 0 Å². The van der Waals surface area contributed by atoms with Crippen LogP contribution in [0.4, 0.5) is 11.5 Å². The number of hydrogen-bond acceptors (Lipinski definition) is 5. The smallest absolute Gasteiger partial charge is 0.234 e. The molecule has 1 saturated carbocycles. The summed E-state index contributed by atoms with van der Waals surface area (Å²) in [5.74, 6) is 1.62. The van der Waals surface area contributed by atoms with E-state index in [1.165, 1.54) is 11.8 Å². The van der Waals surface area contributed by atoms with Crippen LogP contribution in [0, 0.1) is 5.92 Å². The minimum absolute atomic E-state index is 0.0141. The molecule has 0 saturated heterocycles. The van der Waals surface area contributed by atoms with Gasteiger partial charge in [-0.3, -0.25) is 9.59 Å². The van der Waals surface area contributed by atoms with Crippen molar-refractivity contribution < 1.29 is 14.3 Å². The van der Waals surface area contributed by atoms with E-state index in [2.05, 4.69) is 15.6 Å². The molecule has 0 bridgehead atoms. The Bertz CT molecular complexity index is 743. The monoisotopic (exact) mass is 357 g/mol. The zero-order valence-corrected chi connectivity index (χ0v) is 14.6. The van der Waals surface area contributed by atoms with Gasteiger partial charge in [0.15, 0.2) is 0 Å². The minimum atomic E-state index is -0.114. The normalized spacial score (nSPS) is 13.2. The van der Waals surface area contributed by atoms with Gasteiger partial charge in [0.1, 0.15) is 11.6 Å². The summed E-state index contributed by atoms with van der Waals surface area (Å²) in [5, 5.41) is 5.55. The lowest BCUT2D eigenvalue weighted by molar-refractivity contribution is -0.117. The molecule has 130 valence electrons. The van der Waals surface area contributed by atoms with Gasteiger partial charge in [-0.2, -0.15) is 0 Å². The highest BCUT2D eigenvalue weighted by molar-refractivity contribution is 8.00. The summed E-state index contributed by atoms with van der Waals surface area (Å²) in [5.41, 5.74) is 0.602. The highest BCUT2D eigenvalue weighted by Crippen LogP contribution is 2.30. The molecule has 3 rings (SSSR count). The largest absolute Gasteiger partial charge is 0.497 e. The van der Waals surface area contributed by atoms with Crippen LogP contribution in [-0.2, 0) is 9.59 Å². The molecule has 2 aromatic rings. The van der Waals surface area contributed by atoms with Gasteiger partial charge in [0.2, 0.25) is 11.8 Å². The molecule has 0 spiro atoms. The van der Waals surface area contributed by atoms with Crippen LogP contribution in [0.15, 0.2) is 47.5 Å². The van der Waals surface area contributed by atoms with E-state index in [1.807, 2.05) is 24.3 Å². The first-order valence-corrected chi connectivity index (χ1v) is 8.96. The van der Waals surface area contributed by atoms with E-state index in [0.29, 0.717) is 17.3 Å². The zero-order valence-electron chi connectivity index (χ0n) is 13.8. The maximum atomic E-state index is 12.0. The number of carbonyl (C=O) groups is 2. The average Bonchev–Trinajstić information content (AvgIpc) is 3.47. The van der Waals surface area contributed by atoms with Crippen LogP contribution in [0.25, 0.3) is 0 Å². The predicted molar refractivity (Wildman–Crippen MR) is 97.9 cm³/mol. The molecule has 25 heavy (non-hydrogen) atoms. The number of rotatable bonds is 7. The van der Waals surface area contributed by atoms with Gasteiger partial charge in [0.25, 0.3) is 0 Å². The molecule has 7 heteroatoms. The molecule has 0 atom stereocenters. The molecule has 1 aromatic carbocycles. The van der Waals surface area contributed by atoms with Crippen LogP contribution < -0.4 is 15.4 Å². The van der Waals surface area contributed by atoms with Crippen molar-refractivity contribution in [1.82, 2.24) is 4.98 Å². The highest BCUT2D eigenvalue weighted by atomic mass is 32.2. The Morgan fingerprint density at radius 1 is 1.16 bits per heavy atom. The van der Waals surface area contributed by atoms with Crippen molar-refractivity contribution in [2.24, 2.45) is 5.92 Å².